The van der Waals surface area contributed by atoms with Crippen LogP contribution >= 0.6 is 0 Å². The average molecular weight is 496 g/mol. The minimum Gasteiger partial charge on any atom is -0.379 e. The number of hydrogen-bond acceptors (Lipinski definition) is 5. The standard InChI is InChI=1S/C26H36F3N3O3/c1-17(2)25(9-4-20(15-25)31-21-8-13-35-16-23(21)34-3)24(33)32-11-6-18(7-12-32)22-14-19(5-10-30-22)26(27,28)29/h5-6,10,14,17,20-21,23,31H,4,7-9,11-13,15-16H2,1-3H3. The maximum atomic E-state index is 13.8. The first kappa shape index (κ1) is 26.1. The van der Waals surface area contributed by atoms with E-state index in [-0.39, 0.29) is 30.0 Å². The summed E-state index contributed by atoms with van der Waals surface area (Å²) in [5.74, 6) is 0.338. The molecule has 194 valence electrons. The van der Waals surface area contributed by atoms with Crippen LogP contribution in [0.4, 0.5) is 13.2 Å². The Bertz CT molecular complexity index is 936. The molecule has 4 rings (SSSR count). The predicted octanol–water partition coefficient (Wildman–Crippen LogP) is 4.30. The lowest BCUT2D eigenvalue weighted by Gasteiger charge is -2.39. The van der Waals surface area contributed by atoms with Gasteiger partial charge in [0.05, 0.1) is 29.4 Å². The van der Waals surface area contributed by atoms with E-state index in [2.05, 4.69) is 24.1 Å². The molecule has 1 amide bonds. The number of nitrogens with one attached hydrogen (secondary N) is 1. The van der Waals surface area contributed by atoms with Gasteiger partial charge in [-0.05, 0) is 55.7 Å². The van der Waals surface area contributed by atoms with Gasteiger partial charge >= 0.3 is 6.18 Å². The number of amides is 1. The van der Waals surface area contributed by atoms with Crippen LogP contribution in [0.15, 0.2) is 24.4 Å². The van der Waals surface area contributed by atoms with Crippen LogP contribution in [0.5, 0.6) is 0 Å². The third-order valence-corrected chi connectivity index (χ3v) is 8.05. The number of alkyl halides is 3. The van der Waals surface area contributed by atoms with Gasteiger partial charge < -0.3 is 19.7 Å². The van der Waals surface area contributed by atoms with Crippen molar-refractivity contribution in [3.63, 3.8) is 0 Å². The van der Waals surface area contributed by atoms with Gasteiger partial charge in [0, 0.05) is 45.1 Å². The zero-order chi connectivity index (χ0) is 25.2. The molecule has 4 atom stereocenters. The van der Waals surface area contributed by atoms with Crippen LogP contribution in [0.25, 0.3) is 5.57 Å². The first-order valence-electron chi connectivity index (χ1n) is 12.5. The molecule has 35 heavy (non-hydrogen) atoms. The van der Waals surface area contributed by atoms with Gasteiger partial charge in [0.25, 0.3) is 0 Å². The number of aromatic nitrogens is 1. The van der Waals surface area contributed by atoms with Gasteiger partial charge in [-0.3, -0.25) is 9.78 Å². The van der Waals surface area contributed by atoms with E-state index in [1.807, 2.05) is 11.0 Å². The van der Waals surface area contributed by atoms with Crippen molar-refractivity contribution in [2.45, 2.75) is 70.3 Å². The molecule has 0 radical (unpaired) electrons. The number of pyridine rings is 1. The number of carbonyl (C=O) groups is 1. The Hall–Kier alpha value is -1.97. The highest BCUT2D eigenvalue weighted by Gasteiger charge is 2.50. The highest BCUT2D eigenvalue weighted by atomic mass is 19.4. The normalized spacial score (nSPS) is 30.0. The molecule has 1 saturated carbocycles. The highest BCUT2D eigenvalue weighted by molar-refractivity contribution is 5.84. The molecule has 2 aliphatic heterocycles. The molecule has 6 nitrogen and oxygen atoms in total. The topological polar surface area (TPSA) is 63.7 Å². The molecule has 2 fully saturated rings. The molecule has 1 N–H and O–H groups in total. The molecule has 1 aromatic heterocycles. The van der Waals surface area contributed by atoms with E-state index >= 15 is 0 Å². The molecule has 1 saturated heterocycles. The summed E-state index contributed by atoms with van der Waals surface area (Å²) in [6.07, 6.45) is 2.58. The predicted molar refractivity (Wildman–Crippen MR) is 126 cm³/mol. The van der Waals surface area contributed by atoms with Crippen LogP contribution in [-0.4, -0.2) is 67.4 Å². The van der Waals surface area contributed by atoms with E-state index in [1.165, 1.54) is 6.20 Å². The zero-order valence-electron chi connectivity index (χ0n) is 20.7. The lowest BCUT2D eigenvalue weighted by atomic mass is 9.74. The third kappa shape index (κ3) is 5.57. The van der Waals surface area contributed by atoms with Crippen LogP contribution in [0.2, 0.25) is 0 Å². The van der Waals surface area contributed by atoms with Gasteiger partial charge in [-0.25, -0.2) is 0 Å². The Labute approximate surface area is 205 Å². The van der Waals surface area contributed by atoms with E-state index in [1.54, 1.807) is 7.11 Å². The van der Waals surface area contributed by atoms with Crippen LogP contribution in [0, 0.1) is 11.3 Å². The Morgan fingerprint density at radius 1 is 1.34 bits per heavy atom. The van der Waals surface area contributed by atoms with Gasteiger partial charge in [-0.1, -0.05) is 19.9 Å². The molecular weight excluding hydrogens is 459 g/mol. The van der Waals surface area contributed by atoms with Crippen molar-refractivity contribution in [2.75, 3.05) is 33.4 Å². The fourth-order valence-corrected chi connectivity index (χ4v) is 5.80. The first-order chi connectivity index (χ1) is 16.6. The van der Waals surface area contributed by atoms with E-state index in [9.17, 15) is 18.0 Å². The van der Waals surface area contributed by atoms with E-state index in [0.29, 0.717) is 38.4 Å². The lowest BCUT2D eigenvalue weighted by Crippen LogP contribution is -2.52. The quantitative estimate of drug-likeness (QED) is 0.638. The van der Waals surface area contributed by atoms with Crippen molar-refractivity contribution >= 4 is 11.5 Å². The van der Waals surface area contributed by atoms with Crippen molar-refractivity contribution < 1.29 is 27.4 Å². The number of methoxy groups -OCH3 is 1. The van der Waals surface area contributed by atoms with Crippen LogP contribution in [-0.2, 0) is 20.4 Å². The zero-order valence-corrected chi connectivity index (χ0v) is 20.7. The molecule has 3 heterocycles. The molecule has 0 spiro atoms. The summed E-state index contributed by atoms with van der Waals surface area (Å²) in [7, 11) is 1.71. The lowest BCUT2D eigenvalue weighted by molar-refractivity contribution is -0.144. The maximum absolute atomic E-state index is 13.8. The van der Waals surface area contributed by atoms with E-state index in [4.69, 9.17) is 9.47 Å². The summed E-state index contributed by atoms with van der Waals surface area (Å²) in [5.41, 5.74) is -0.0504. The van der Waals surface area contributed by atoms with E-state index in [0.717, 1.165) is 43.4 Å². The maximum Gasteiger partial charge on any atom is 0.416 e. The molecule has 3 aliphatic rings. The summed E-state index contributed by atoms with van der Waals surface area (Å²) >= 11 is 0. The Morgan fingerprint density at radius 2 is 2.14 bits per heavy atom. The number of nitrogens with zero attached hydrogens (tertiary/aromatic N) is 2. The first-order valence-corrected chi connectivity index (χ1v) is 12.5. The molecule has 1 aliphatic carbocycles. The second-order valence-corrected chi connectivity index (χ2v) is 10.3. The monoisotopic (exact) mass is 495 g/mol. The van der Waals surface area contributed by atoms with Crippen LogP contribution in [0.1, 0.15) is 57.2 Å². The minimum atomic E-state index is -4.40. The minimum absolute atomic E-state index is 0.0172. The second kappa shape index (κ2) is 10.6. The van der Waals surface area contributed by atoms with Gasteiger partial charge in [0.15, 0.2) is 0 Å². The van der Waals surface area contributed by atoms with E-state index < -0.39 is 17.2 Å². The molecule has 9 heteroatoms. The van der Waals surface area contributed by atoms with Crippen molar-refractivity contribution in [3.8, 4) is 0 Å². The molecule has 4 unspecified atom stereocenters. The van der Waals surface area contributed by atoms with Gasteiger partial charge in [0.1, 0.15) is 0 Å². The van der Waals surface area contributed by atoms with Gasteiger partial charge in [-0.15, -0.1) is 0 Å². The fraction of sp³-hybridized carbons (Fsp3) is 0.692. The number of carbonyl (C=O) groups excluding carboxylic acids is 1. The van der Waals surface area contributed by atoms with Crippen molar-refractivity contribution in [3.05, 3.63) is 35.7 Å². The SMILES string of the molecule is COC1COCCC1NC1CCC(C(=O)N2CC=C(c3cc(C(F)(F)F)ccn3)CC2)(C(C)C)C1. The van der Waals surface area contributed by atoms with Crippen LogP contribution in [0.3, 0.4) is 0 Å². The number of halogens is 3. The molecule has 0 aromatic carbocycles. The number of rotatable bonds is 6. The molecule has 0 bridgehead atoms. The molecule has 1 aromatic rings. The fourth-order valence-electron chi connectivity index (χ4n) is 5.80. The van der Waals surface area contributed by atoms with Gasteiger partial charge in [0.2, 0.25) is 5.91 Å². The van der Waals surface area contributed by atoms with Gasteiger partial charge in [-0.2, -0.15) is 13.2 Å². The van der Waals surface area contributed by atoms with Crippen molar-refractivity contribution in [1.82, 2.24) is 15.2 Å². The number of hydrogen-bond donors (Lipinski definition) is 1. The Balaban J connectivity index is 1.43. The van der Waals surface area contributed by atoms with Crippen molar-refractivity contribution in [2.24, 2.45) is 11.3 Å². The summed E-state index contributed by atoms with van der Waals surface area (Å²) in [5, 5.41) is 3.74. The second-order valence-electron chi connectivity index (χ2n) is 10.3. The summed E-state index contributed by atoms with van der Waals surface area (Å²) in [6.45, 7) is 6.40. The smallest absolute Gasteiger partial charge is 0.379 e. The molecular formula is C26H36F3N3O3. The van der Waals surface area contributed by atoms with Crippen LogP contribution < -0.4 is 5.32 Å². The third-order valence-electron chi connectivity index (χ3n) is 8.05. The van der Waals surface area contributed by atoms with Crippen molar-refractivity contribution in [1.29, 1.82) is 0 Å². The summed E-state index contributed by atoms with van der Waals surface area (Å²) < 4.78 is 50.4. The largest absolute Gasteiger partial charge is 0.416 e. The Morgan fingerprint density at radius 3 is 2.80 bits per heavy atom. The summed E-state index contributed by atoms with van der Waals surface area (Å²) in [4.78, 5) is 19.8. The highest BCUT2D eigenvalue weighted by Crippen LogP contribution is 2.46. The Kier molecular flexibility index (Phi) is 7.88. The average Bonchev–Trinajstić information content (AvgIpc) is 3.29. The number of ether oxygens (including phenoxy) is 2. The summed E-state index contributed by atoms with van der Waals surface area (Å²) in [6, 6.07) is 2.54.